The van der Waals surface area contributed by atoms with E-state index in [2.05, 4.69) is 25.0 Å². The van der Waals surface area contributed by atoms with Crippen LogP contribution < -0.4 is 14.8 Å². The molecule has 2 aromatic heterocycles. The first-order chi connectivity index (χ1) is 12.5. The zero-order valence-corrected chi connectivity index (χ0v) is 13.4. The summed E-state index contributed by atoms with van der Waals surface area (Å²) >= 11 is 0. The molecule has 2 N–H and O–H groups in total. The van der Waals surface area contributed by atoms with Crippen molar-refractivity contribution < 1.29 is 35.8 Å². The van der Waals surface area contributed by atoms with E-state index in [4.69, 9.17) is 4.74 Å². The molecule has 0 atom stereocenters. The third-order valence-electron chi connectivity index (χ3n) is 3.27. The quantitative estimate of drug-likeness (QED) is 0.634. The summed E-state index contributed by atoms with van der Waals surface area (Å²) in [7, 11) is 1.26. The van der Waals surface area contributed by atoms with E-state index in [1.165, 1.54) is 25.3 Å². The maximum atomic E-state index is 12.8. The Balaban J connectivity index is 1.89. The molecule has 0 aliphatic carbocycles. The number of imidazole rings is 1. The molecule has 27 heavy (non-hydrogen) atoms. The fraction of sp³-hybridized carbons (Fsp3) is 0.200. The van der Waals surface area contributed by atoms with Crippen LogP contribution in [0.3, 0.4) is 0 Å². The molecule has 1 aromatic carbocycles. The number of ether oxygens (including phenoxy) is 2. The Morgan fingerprint density at radius 1 is 1.00 bits per heavy atom. The number of aromatic amines is 1. The zero-order valence-electron chi connectivity index (χ0n) is 13.4. The van der Waals surface area contributed by atoms with Crippen LogP contribution in [0.2, 0.25) is 0 Å². The molecule has 0 fully saturated rings. The molecule has 0 amide bonds. The van der Waals surface area contributed by atoms with Crippen LogP contribution >= 0.6 is 0 Å². The fourth-order valence-electron chi connectivity index (χ4n) is 2.20. The number of hydrogen-bond acceptors (Lipinski definition) is 5. The van der Waals surface area contributed by atoms with Crippen molar-refractivity contribution >= 4 is 22.5 Å². The second-order valence-electron chi connectivity index (χ2n) is 5.20. The van der Waals surface area contributed by atoms with E-state index < -0.39 is 24.1 Å². The molecule has 0 saturated heterocycles. The van der Waals surface area contributed by atoms with Crippen molar-refractivity contribution in [1.29, 1.82) is 0 Å². The van der Waals surface area contributed by atoms with Gasteiger partial charge in [-0.05, 0) is 30.3 Å². The minimum Gasteiger partial charge on any atom is -0.479 e. The van der Waals surface area contributed by atoms with Gasteiger partial charge in [0, 0.05) is 5.69 Å². The normalized spacial score (nSPS) is 12.3. The Morgan fingerprint density at radius 3 is 2.22 bits per heavy atom. The van der Waals surface area contributed by atoms with Crippen molar-refractivity contribution in [2.75, 3.05) is 12.4 Å². The summed E-state index contributed by atoms with van der Waals surface area (Å²) in [6.45, 7) is 0. The average Bonchev–Trinajstić information content (AvgIpc) is 2.97. The molecule has 0 unspecified atom stereocenters. The molecule has 0 radical (unpaired) electrons. The van der Waals surface area contributed by atoms with Gasteiger partial charge in [-0.25, -0.2) is 4.98 Å². The van der Waals surface area contributed by atoms with E-state index in [-0.39, 0.29) is 22.7 Å². The van der Waals surface area contributed by atoms with Crippen molar-refractivity contribution in [1.82, 2.24) is 15.0 Å². The van der Waals surface area contributed by atoms with Crippen molar-refractivity contribution in [2.45, 2.75) is 12.5 Å². The summed E-state index contributed by atoms with van der Waals surface area (Å²) in [6.07, 6.45) is -9.49. The number of hydrogen-bond donors (Lipinski definition) is 2. The minimum atomic E-state index is -4.82. The molecule has 0 bridgehead atoms. The van der Waals surface area contributed by atoms with Gasteiger partial charge in [0.15, 0.2) is 5.65 Å². The number of rotatable bonds is 4. The second-order valence-corrected chi connectivity index (χ2v) is 5.20. The van der Waals surface area contributed by atoms with Gasteiger partial charge in [-0.15, -0.1) is 13.2 Å². The van der Waals surface area contributed by atoms with E-state index in [1.54, 1.807) is 0 Å². The standard InChI is InChI=1S/C15H10F6N4O2/c1-26-12-10(6-9-11(24-12)25-13(23-9)14(16,17)18)22-7-2-4-8(5-3-7)27-15(19,20)21/h2-6,22H,1H3,(H,23,24,25). The van der Waals surface area contributed by atoms with Crippen LogP contribution in [0.1, 0.15) is 5.82 Å². The Labute approximate surface area is 147 Å². The number of pyridine rings is 1. The molecule has 0 spiro atoms. The van der Waals surface area contributed by atoms with Gasteiger partial charge in [-0.3, -0.25) is 0 Å². The molecule has 3 rings (SSSR count). The fourth-order valence-corrected chi connectivity index (χ4v) is 2.20. The van der Waals surface area contributed by atoms with Gasteiger partial charge < -0.3 is 19.8 Å². The summed E-state index contributed by atoms with van der Waals surface area (Å²) in [5, 5.41) is 2.80. The highest BCUT2D eigenvalue weighted by atomic mass is 19.4. The number of nitrogens with zero attached hydrogens (tertiary/aromatic N) is 2. The Hall–Kier alpha value is -3.18. The molecule has 0 saturated carbocycles. The number of fused-ring (bicyclic) bond motifs is 1. The van der Waals surface area contributed by atoms with E-state index >= 15 is 0 Å². The number of methoxy groups -OCH3 is 1. The topological polar surface area (TPSA) is 72.1 Å². The lowest BCUT2D eigenvalue weighted by molar-refractivity contribution is -0.274. The maximum absolute atomic E-state index is 12.8. The van der Waals surface area contributed by atoms with Crippen molar-refractivity contribution in [3.63, 3.8) is 0 Å². The SMILES string of the molecule is COc1nc2nc(C(F)(F)F)[nH]c2cc1Nc1ccc(OC(F)(F)F)cc1. The maximum Gasteiger partial charge on any atom is 0.573 e. The van der Waals surface area contributed by atoms with E-state index in [9.17, 15) is 26.3 Å². The second kappa shape index (κ2) is 6.52. The Morgan fingerprint density at radius 2 is 1.67 bits per heavy atom. The van der Waals surface area contributed by atoms with Gasteiger partial charge in [-0.2, -0.15) is 18.2 Å². The van der Waals surface area contributed by atoms with Crippen LogP contribution in [0.25, 0.3) is 11.2 Å². The highest BCUT2D eigenvalue weighted by Gasteiger charge is 2.35. The number of anilines is 2. The number of alkyl halides is 6. The Kier molecular flexibility index (Phi) is 4.49. The third-order valence-corrected chi connectivity index (χ3v) is 3.27. The van der Waals surface area contributed by atoms with Gasteiger partial charge >= 0.3 is 12.5 Å². The number of halogens is 6. The first kappa shape index (κ1) is 18.6. The zero-order chi connectivity index (χ0) is 19.8. The van der Waals surface area contributed by atoms with E-state index in [0.717, 1.165) is 12.1 Å². The molecule has 144 valence electrons. The smallest absolute Gasteiger partial charge is 0.479 e. The number of benzene rings is 1. The minimum absolute atomic E-state index is 0.00245. The van der Waals surface area contributed by atoms with Crippen LogP contribution in [0.15, 0.2) is 30.3 Å². The summed E-state index contributed by atoms with van der Waals surface area (Å²) in [6, 6.07) is 6.03. The molecular formula is C15H10F6N4O2. The molecule has 0 aliphatic heterocycles. The highest BCUT2D eigenvalue weighted by Crippen LogP contribution is 2.33. The Bertz CT molecular complexity index is 950. The van der Waals surface area contributed by atoms with Gasteiger partial charge in [0.25, 0.3) is 0 Å². The summed E-state index contributed by atoms with van der Waals surface area (Å²) in [5.41, 5.74) is 0.327. The highest BCUT2D eigenvalue weighted by molar-refractivity contribution is 5.80. The predicted octanol–water partition coefficient (Wildman–Crippen LogP) is 4.63. The molecule has 3 aromatic rings. The summed E-state index contributed by atoms with van der Waals surface area (Å²) < 4.78 is 83.5. The molecule has 6 nitrogen and oxygen atoms in total. The third kappa shape index (κ3) is 4.33. The van der Waals surface area contributed by atoms with Crippen LogP contribution in [-0.2, 0) is 6.18 Å². The lowest BCUT2D eigenvalue weighted by Gasteiger charge is -2.12. The van der Waals surface area contributed by atoms with Crippen LogP contribution in [0, 0.1) is 0 Å². The predicted molar refractivity (Wildman–Crippen MR) is 81.9 cm³/mol. The summed E-state index contributed by atoms with van der Waals surface area (Å²) in [5.74, 6) is -1.67. The van der Waals surface area contributed by atoms with Crippen LogP contribution in [0.5, 0.6) is 11.6 Å². The lowest BCUT2D eigenvalue weighted by Crippen LogP contribution is -2.16. The summed E-state index contributed by atoms with van der Waals surface area (Å²) in [4.78, 5) is 9.36. The first-order valence-electron chi connectivity index (χ1n) is 7.20. The van der Waals surface area contributed by atoms with E-state index in [0.29, 0.717) is 5.69 Å². The van der Waals surface area contributed by atoms with Gasteiger partial charge in [-0.1, -0.05) is 0 Å². The lowest BCUT2D eigenvalue weighted by atomic mass is 10.3. The van der Waals surface area contributed by atoms with Gasteiger partial charge in [0.2, 0.25) is 11.7 Å². The number of H-pyrrole nitrogens is 1. The molecule has 12 heteroatoms. The largest absolute Gasteiger partial charge is 0.573 e. The van der Waals surface area contributed by atoms with E-state index in [1.807, 2.05) is 0 Å². The van der Waals surface area contributed by atoms with Crippen molar-refractivity contribution in [3.8, 4) is 11.6 Å². The van der Waals surface area contributed by atoms with Crippen molar-refractivity contribution in [2.24, 2.45) is 0 Å². The molecular weight excluding hydrogens is 382 g/mol. The number of nitrogens with one attached hydrogen (secondary N) is 2. The monoisotopic (exact) mass is 392 g/mol. The van der Waals surface area contributed by atoms with Gasteiger partial charge in [0.1, 0.15) is 11.4 Å². The molecule has 0 aliphatic rings. The first-order valence-corrected chi connectivity index (χ1v) is 7.20. The van der Waals surface area contributed by atoms with Crippen LogP contribution in [0.4, 0.5) is 37.7 Å². The van der Waals surface area contributed by atoms with Crippen molar-refractivity contribution in [3.05, 3.63) is 36.2 Å². The van der Waals surface area contributed by atoms with Crippen LogP contribution in [-0.4, -0.2) is 28.4 Å². The average molecular weight is 392 g/mol. The molecule has 2 heterocycles. The van der Waals surface area contributed by atoms with Gasteiger partial charge in [0.05, 0.1) is 12.6 Å². The number of aromatic nitrogens is 3.